The van der Waals surface area contributed by atoms with Gasteiger partial charge in [0.05, 0.1) is 11.3 Å². The molecule has 0 saturated carbocycles. The fourth-order valence-corrected chi connectivity index (χ4v) is 3.56. The minimum atomic E-state index is -0.375. The molecular weight excluding hydrogens is 348 g/mol. The Morgan fingerprint density at radius 2 is 1.92 bits per heavy atom. The summed E-state index contributed by atoms with van der Waals surface area (Å²) in [6.45, 7) is 6.04. The second-order valence-electron chi connectivity index (χ2n) is 6.01. The van der Waals surface area contributed by atoms with Crippen molar-refractivity contribution in [2.45, 2.75) is 38.2 Å². The van der Waals surface area contributed by atoms with E-state index in [2.05, 4.69) is 10.1 Å². The highest BCUT2D eigenvalue weighted by molar-refractivity contribution is 7.98. The van der Waals surface area contributed by atoms with E-state index in [-0.39, 0.29) is 12.6 Å². The average Bonchev–Trinajstić information content (AvgIpc) is 2.97. The molecule has 0 spiro atoms. The van der Waals surface area contributed by atoms with Crippen LogP contribution in [0.4, 0.5) is 0 Å². The number of esters is 1. The number of ether oxygens (including phenoxy) is 1. The summed E-state index contributed by atoms with van der Waals surface area (Å²) in [4.78, 5) is 16.8. The molecule has 0 saturated heterocycles. The summed E-state index contributed by atoms with van der Waals surface area (Å²) in [7, 11) is 0. The van der Waals surface area contributed by atoms with E-state index in [0.29, 0.717) is 16.3 Å². The van der Waals surface area contributed by atoms with Crippen molar-refractivity contribution < 1.29 is 14.1 Å². The minimum Gasteiger partial charge on any atom is -0.457 e. The Kier molecular flexibility index (Phi) is 5.73. The number of carbonyl (C=O) groups is 1. The molecule has 1 aromatic carbocycles. The van der Waals surface area contributed by atoms with E-state index in [1.54, 1.807) is 18.3 Å². The van der Waals surface area contributed by atoms with Gasteiger partial charge in [-0.05, 0) is 38.5 Å². The van der Waals surface area contributed by atoms with Crippen molar-refractivity contribution in [3.05, 3.63) is 76.3 Å². The topological polar surface area (TPSA) is 65.2 Å². The van der Waals surface area contributed by atoms with E-state index in [1.165, 1.54) is 17.3 Å². The Hall–Kier alpha value is -2.60. The SMILES string of the molecule is Cc1ccc(COC(=O)c2cccnc2SCc2c(C)noc2C)cc1. The first-order valence-corrected chi connectivity index (χ1v) is 9.25. The van der Waals surface area contributed by atoms with E-state index < -0.39 is 0 Å². The van der Waals surface area contributed by atoms with Gasteiger partial charge in [-0.25, -0.2) is 9.78 Å². The molecule has 2 aromatic heterocycles. The van der Waals surface area contributed by atoms with Crippen LogP contribution in [0.1, 0.15) is 38.5 Å². The standard InChI is InChI=1S/C20H20N2O3S/c1-13-6-8-16(9-7-13)11-24-20(23)17-5-4-10-21-19(17)26-12-18-14(2)22-25-15(18)3/h4-10H,11-12H2,1-3H3. The lowest BCUT2D eigenvalue weighted by molar-refractivity contribution is 0.0467. The molecule has 3 rings (SSSR count). The Bertz CT molecular complexity index is 884. The van der Waals surface area contributed by atoms with Crippen LogP contribution in [0.15, 0.2) is 52.1 Å². The van der Waals surface area contributed by atoms with Crippen molar-refractivity contribution in [3.8, 4) is 0 Å². The van der Waals surface area contributed by atoms with Crippen LogP contribution in [0.25, 0.3) is 0 Å². The van der Waals surface area contributed by atoms with E-state index in [4.69, 9.17) is 9.26 Å². The van der Waals surface area contributed by atoms with Crippen LogP contribution >= 0.6 is 11.8 Å². The van der Waals surface area contributed by atoms with Crippen molar-refractivity contribution in [3.63, 3.8) is 0 Å². The first-order chi connectivity index (χ1) is 12.5. The number of aryl methyl sites for hydroxylation is 3. The fraction of sp³-hybridized carbons (Fsp3) is 0.250. The molecule has 6 heteroatoms. The molecule has 134 valence electrons. The van der Waals surface area contributed by atoms with Crippen molar-refractivity contribution in [1.29, 1.82) is 0 Å². The lowest BCUT2D eigenvalue weighted by Crippen LogP contribution is -2.07. The molecule has 3 aromatic rings. The van der Waals surface area contributed by atoms with Crippen LogP contribution < -0.4 is 0 Å². The molecule has 0 aliphatic rings. The zero-order valence-electron chi connectivity index (χ0n) is 15.0. The summed E-state index contributed by atoms with van der Waals surface area (Å²) in [5, 5.41) is 4.59. The fourth-order valence-electron chi connectivity index (χ4n) is 2.42. The van der Waals surface area contributed by atoms with Crippen molar-refractivity contribution in [2.75, 3.05) is 0 Å². The summed E-state index contributed by atoms with van der Waals surface area (Å²) in [6.07, 6.45) is 1.67. The van der Waals surface area contributed by atoms with Crippen LogP contribution in [0, 0.1) is 20.8 Å². The highest BCUT2D eigenvalue weighted by atomic mass is 32.2. The summed E-state index contributed by atoms with van der Waals surface area (Å²) < 4.78 is 10.6. The third-order valence-corrected chi connectivity index (χ3v) is 5.05. The van der Waals surface area contributed by atoms with Crippen LogP contribution in [-0.4, -0.2) is 16.1 Å². The Labute approximate surface area is 156 Å². The van der Waals surface area contributed by atoms with E-state index >= 15 is 0 Å². The number of nitrogens with zero attached hydrogens (tertiary/aromatic N) is 2. The molecule has 0 unspecified atom stereocenters. The van der Waals surface area contributed by atoms with Gasteiger partial charge in [0.15, 0.2) is 0 Å². The minimum absolute atomic E-state index is 0.238. The van der Waals surface area contributed by atoms with Crippen LogP contribution in [0.5, 0.6) is 0 Å². The molecule has 0 radical (unpaired) electrons. The zero-order chi connectivity index (χ0) is 18.5. The maximum Gasteiger partial charge on any atom is 0.341 e. The van der Waals surface area contributed by atoms with Crippen molar-refractivity contribution in [2.24, 2.45) is 0 Å². The first-order valence-electron chi connectivity index (χ1n) is 8.27. The number of benzene rings is 1. The molecule has 2 heterocycles. The Balaban J connectivity index is 1.67. The molecule has 5 nitrogen and oxygen atoms in total. The Morgan fingerprint density at radius 1 is 1.15 bits per heavy atom. The van der Waals surface area contributed by atoms with E-state index in [9.17, 15) is 4.79 Å². The predicted molar refractivity (Wildman–Crippen MR) is 100 cm³/mol. The van der Waals surface area contributed by atoms with Crippen LogP contribution in [-0.2, 0) is 17.1 Å². The molecular formula is C20H20N2O3S. The molecule has 0 amide bonds. The van der Waals surface area contributed by atoms with Gasteiger partial charge in [0, 0.05) is 17.5 Å². The quantitative estimate of drug-likeness (QED) is 0.466. The summed E-state index contributed by atoms with van der Waals surface area (Å²) in [6, 6.07) is 11.4. The lowest BCUT2D eigenvalue weighted by atomic mass is 10.2. The highest BCUT2D eigenvalue weighted by Gasteiger charge is 2.16. The van der Waals surface area contributed by atoms with Gasteiger partial charge in [0.1, 0.15) is 17.4 Å². The second-order valence-corrected chi connectivity index (χ2v) is 6.97. The largest absolute Gasteiger partial charge is 0.457 e. The molecule has 0 bridgehead atoms. The average molecular weight is 368 g/mol. The smallest absolute Gasteiger partial charge is 0.341 e. The normalized spacial score (nSPS) is 10.7. The third kappa shape index (κ3) is 4.32. The van der Waals surface area contributed by atoms with Gasteiger partial charge in [-0.3, -0.25) is 0 Å². The van der Waals surface area contributed by atoms with E-state index in [1.807, 2.05) is 45.0 Å². The van der Waals surface area contributed by atoms with Crippen LogP contribution in [0.2, 0.25) is 0 Å². The number of carbonyl (C=O) groups excluding carboxylic acids is 1. The summed E-state index contributed by atoms with van der Waals surface area (Å²) in [5.74, 6) is 1.05. The molecule has 0 atom stereocenters. The maximum atomic E-state index is 12.5. The molecule has 0 aliphatic carbocycles. The van der Waals surface area contributed by atoms with Gasteiger partial charge < -0.3 is 9.26 Å². The van der Waals surface area contributed by atoms with E-state index in [0.717, 1.165) is 22.6 Å². The van der Waals surface area contributed by atoms with Gasteiger partial charge in [-0.15, -0.1) is 11.8 Å². The zero-order valence-corrected chi connectivity index (χ0v) is 15.8. The number of rotatable bonds is 6. The Morgan fingerprint density at radius 3 is 2.62 bits per heavy atom. The molecule has 0 fully saturated rings. The summed E-state index contributed by atoms with van der Waals surface area (Å²) >= 11 is 1.47. The monoisotopic (exact) mass is 368 g/mol. The van der Waals surface area contributed by atoms with Gasteiger partial charge in [0.25, 0.3) is 0 Å². The van der Waals surface area contributed by atoms with Crippen LogP contribution in [0.3, 0.4) is 0 Å². The van der Waals surface area contributed by atoms with Gasteiger partial charge in [-0.2, -0.15) is 0 Å². The van der Waals surface area contributed by atoms with Crippen molar-refractivity contribution >= 4 is 17.7 Å². The molecule has 0 N–H and O–H groups in total. The van der Waals surface area contributed by atoms with Gasteiger partial charge in [-0.1, -0.05) is 35.0 Å². The number of hydrogen-bond acceptors (Lipinski definition) is 6. The van der Waals surface area contributed by atoms with Gasteiger partial charge in [0.2, 0.25) is 0 Å². The second kappa shape index (κ2) is 8.19. The maximum absolute atomic E-state index is 12.5. The van der Waals surface area contributed by atoms with Gasteiger partial charge >= 0.3 is 5.97 Å². The van der Waals surface area contributed by atoms with Crippen molar-refractivity contribution in [1.82, 2.24) is 10.1 Å². The number of aromatic nitrogens is 2. The number of pyridine rings is 1. The number of hydrogen-bond donors (Lipinski definition) is 0. The molecule has 26 heavy (non-hydrogen) atoms. The lowest BCUT2D eigenvalue weighted by Gasteiger charge is -2.09. The first kappa shape index (κ1) is 18.2. The highest BCUT2D eigenvalue weighted by Crippen LogP contribution is 2.27. The predicted octanol–water partition coefficient (Wildman–Crippen LogP) is 4.64. The molecule has 0 aliphatic heterocycles. The summed E-state index contributed by atoms with van der Waals surface area (Å²) in [5.41, 5.74) is 4.48. The number of thioether (sulfide) groups is 1. The third-order valence-electron chi connectivity index (χ3n) is 4.02.